The van der Waals surface area contributed by atoms with E-state index in [1.54, 1.807) is 0 Å². The molecule has 0 aromatic heterocycles. The molecule has 2 heteroatoms. The number of nitrogens with two attached hydrogens (primary N) is 1. The van der Waals surface area contributed by atoms with E-state index in [1.807, 2.05) is 0 Å². The lowest BCUT2D eigenvalue weighted by Gasteiger charge is -2.18. The van der Waals surface area contributed by atoms with Gasteiger partial charge in [-0.05, 0) is 50.1 Å². The summed E-state index contributed by atoms with van der Waals surface area (Å²) in [6.07, 6.45) is 0. The van der Waals surface area contributed by atoms with E-state index < -0.39 is 0 Å². The van der Waals surface area contributed by atoms with Gasteiger partial charge in [0.05, 0.1) is 0 Å². The third kappa shape index (κ3) is 3.33. The molecule has 0 bridgehead atoms. The molecule has 1 aromatic carbocycles. The molecule has 0 spiro atoms. The van der Waals surface area contributed by atoms with E-state index in [9.17, 15) is 0 Å². The van der Waals surface area contributed by atoms with Gasteiger partial charge in [0.25, 0.3) is 0 Å². The van der Waals surface area contributed by atoms with E-state index >= 15 is 0 Å². The first-order chi connectivity index (χ1) is 7.04. The third-order valence-corrected chi connectivity index (χ3v) is 2.90. The second-order valence-electron chi connectivity index (χ2n) is 4.39. The Labute approximate surface area is 93.1 Å². The Morgan fingerprint density at radius 1 is 1.07 bits per heavy atom. The molecule has 0 saturated heterocycles. The molecule has 2 N–H and O–H groups in total. The zero-order valence-corrected chi connectivity index (χ0v) is 10.3. The molecule has 0 aliphatic carbocycles. The van der Waals surface area contributed by atoms with E-state index in [2.05, 4.69) is 44.9 Å². The van der Waals surface area contributed by atoms with Crippen LogP contribution < -0.4 is 5.73 Å². The molecular weight excluding hydrogens is 184 g/mol. The van der Waals surface area contributed by atoms with Crippen molar-refractivity contribution in [1.29, 1.82) is 0 Å². The van der Waals surface area contributed by atoms with Crippen molar-refractivity contribution in [3.05, 3.63) is 34.4 Å². The predicted octanol–water partition coefficient (Wildman–Crippen LogP) is 2.00. The maximum atomic E-state index is 5.53. The number of rotatable bonds is 4. The fourth-order valence-corrected chi connectivity index (χ4v) is 1.78. The molecule has 84 valence electrons. The van der Waals surface area contributed by atoms with Gasteiger partial charge in [0, 0.05) is 19.6 Å². The van der Waals surface area contributed by atoms with Crippen molar-refractivity contribution in [3.63, 3.8) is 0 Å². The SMILES string of the molecule is Cc1cc(C)c(CN(C)CCN)cc1C. The average molecular weight is 206 g/mol. The van der Waals surface area contributed by atoms with Gasteiger partial charge in [0.1, 0.15) is 0 Å². The van der Waals surface area contributed by atoms with Gasteiger partial charge in [0.15, 0.2) is 0 Å². The minimum Gasteiger partial charge on any atom is -0.329 e. The Hall–Kier alpha value is -0.860. The van der Waals surface area contributed by atoms with E-state index in [-0.39, 0.29) is 0 Å². The van der Waals surface area contributed by atoms with Crippen LogP contribution in [0.4, 0.5) is 0 Å². The van der Waals surface area contributed by atoms with Crippen LogP contribution in [0, 0.1) is 20.8 Å². The van der Waals surface area contributed by atoms with Crippen LogP contribution in [0.1, 0.15) is 22.3 Å². The van der Waals surface area contributed by atoms with Crippen LogP contribution in [-0.4, -0.2) is 25.0 Å². The summed E-state index contributed by atoms with van der Waals surface area (Å²) in [4.78, 5) is 2.26. The van der Waals surface area contributed by atoms with Gasteiger partial charge in [-0.3, -0.25) is 0 Å². The maximum absolute atomic E-state index is 5.53. The van der Waals surface area contributed by atoms with Crippen LogP contribution >= 0.6 is 0 Å². The standard InChI is InChI=1S/C13H22N2/c1-10-7-12(3)13(8-11(10)2)9-15(4)6-5-14/h7-8H,5-6,9,14H2,1-4H3. The molecule has 0 radical (unpaired) electrons. The molecule has 0 unspecified atom stereocenters. The molecule has 0 aliphatic heterocycles. The summed E-state index contributed by atoms with van der Waals surface area (Å²) < 4.78 is 0. The van der Waals surface area contributed by atoms with Gasteiger partial charge >= 0.3 is 0 Å². The zero-order chi connectivity index (χ0) is 11.4. The Balaban J connectivity index is 2.81. The Morgan fingerprint density at radius 3 is 2.27 bits per heavy atom. The number of hydrogen-bond donors (Lipinski definition) is 1. The van der Waals surface area contributed by atoms with Crippen molar-refractivity contribution in [2.45, 2.75) is 27.3 Å². The molecule has 0 saturated carbocycles. The topological polar surface area (TPSA) is 29.3 Å². The van der Waals surface area contributed by atoms with Gasteiger partial charge in [0.2, 0.25) is 0 Å². The quantitative estimate of drug-likeness (QED) is 0.816. The largest absolute Gasteiger partial charge is 0.329 e. The van der Waals surface area contributed by atoms with Crippen LogP contribution in [0.15, 0.2) is 12.1 Å². The molecule has 0 atom stereocenters. The summed E-state index contributed by atoms with van der Waals surface area (Å²) in [5.74, 6) is 0. The van der Waals surface area contributed by atoms with Crippen molar-refractivity contribution in [1.82, 2.24) is 4.90 Å². The molecule has 0 amide bonds. The summed E-state index contributed by atoms with van der Waals surface area (Å²) >= 11 is 0. The zero-order valence-electron chi connectivity index (χ0n) is 10.3. The maximum Gasteiger partial charge on any atom is 0.0233 e. The first kappa shape index (κ1) is 12.2. The van der Waals surface area contributed by atoms with Crippen LogP contribution in [0.2, 0.25) is 0 Å². The van der Waals surface area contributed by atoms with Crippen LogP contribution in [0.5, 0.6) is 0 Å². The predicted molar refractivity (Wildman–Crippen MR) is 66.0 cm³/mol. The second-order valence-corrected chi connectivity index (χ2v) is 4.39. The van der Waals surface area contributed by atoms with Crippen molar-refractivity contribution >= 4 is 0 Å². The second kappa shape index (κ2) is 5.29. The Bertz CT molecular complexity index is 332. The highest BCUT2D eigenvalue weighted by Gasteiger charge is 2.04. The van der Waals surface area contributed by atoms with Crippen molar-refractivity contribution in [2.75, 3.05) is 20.1 Å². The minimum absolute atomic E-state index is 0.723. The summed E-state index contributed by atoms with van der Waals surface area (Å²) in [6, 6.07) is 4.55. The lowest BCUT2D eigenvalue weighted by Crippen LogP contribution is -2.25. The molecule has 1 aromatic rings. The van der Waals surface area contributed by atoms with Gasteiger partial charge in [-0.25, -0.2) is 0 Å². The van der Waals surface area contributed by atoms with Gasteiger partial charge in [-0.2, -0.15) is 0 Å². The van der Waals surface area contributed by atoms with Crippen molar-refractivity contribution < 1.29 is 0 Å². The number of hydrogen-bond acceptors (Lipinski definition) is 2. The molecule has 0 heterocycles. The summed E-state index contributed by atoms with van der Waals surface area (Å²) in [6.45, 7) is 9.17. The van der Waals surface area contributed by atoms with E-state index in [1.165, 1.54) is 22.3 Å². The number of nitrogens with zero attached hydrogens (tertiary/aromatic N) is 1. The average Bonchev–Trinajstić information content (AvgIpc) is 2.14. The van der Waals surface area contributed by atoms with Gasteiger partial charge < -0.3 is 10.6 Å². The van der Waals surface area contributed by atoms with Gasteiger partial charge in [-0.1, -0.05) is 12.1 Å². The summed E-state index contributed by atoms with van der Waals surface area (Å²) in [7, 11) is 2.11. The smallest absolute Gasteiger partial charge is 0.0233 e. The first-order valence-electron chi connectivity index (χ1n) is 5.50. The highest BCUT2D eigenvalue weighted by Crippen LogP contribution is 2.16. The van der Waals surface area contributed by atoms with E-state index in [4.69, 9.17) is 5.73 Å². The fraction of sp³-hybridized carbons (Fsp3) is 0.538. The number of aryl methyl sites for hydroxylation is 3. The van der Waals surface area contributed by atoms with Crippen LogP contribution in [0.3, 0.4) is 0 Å². The highest BCUT2D eigenvalue weighted by atomic mass is 15.1. The van der Waals surface area contributed by atoms with Crippen LogP contribution in [0.25, 0.3) is 0 Å². The molecule has 1 rings (SSSR count). The molecule has 0 fully saturated rings. The Morgan fingerprint density at radius 2 is 1.67 bits per heavy atom. The Kier molecular flexibility index (Phi) is 4.30. The van der Waals surface area contributed by atoms with Crippen LogP contribution in [-0.2, 0) is 6.54 Å². The monoisotopic (exact) mass is 206 g/mol. The minimum atomic E-state index is 0.723. The van der Waals surface area contributed by atoms with Crippen molar-refractivity contribution in [2.24, 2.45) is 5.73 Å². The molecular formula is C13H22N2. The number of likely N-dealkylation sites (N-methyl/N-ethyl adjacent to an activating group) is 1. The lowest BCUT2D eigenvalue weighted by atomic mass is 10.0. The van der Waals surface area contributed by atoms with E-state index in [0.717, 1.165) is 19.6 Å². The summed E-state index contributed by atoms with van der Waals surface area (Å²) in [5, 5.41) is 0. The molecule has 15 heavy (non-hydrogen) atoms. The lowest BCUT2D eigenvalue weighted by molar-refractivity contribution is 0.335. The van der Waals surface area contributed by atoms with Gasteiger partial charge in [-0.15, -0.1) is 0 Å². The number of benzene rings is 1. The molecule has 2 nitrogen and oxygen atoms in total. The third-order valence-electron chi connectivity index (χ3n) is 2.90. The highest BCUT2D eigenvalue weighted by molar-refractivity contribution is 5.36. The normalized spacial score (nSPS) is 11.1. The molecule has 0 aliphatic rings. The first-order valence-corrected chi connectivity index (χ1v) is 5.50. The fourth-order valence-electron chi connectivity index (χ4n) is 1.78. The van der Waals surface area contributed by atoms with E-state index in [0.29, 0.717) is 0 Å². The van der Waals surface area contributed by atoms with Crippen molar-refractivity contribution in [3.8, 4) is 0 Å². The summed E-state index contributed by atoms with van der Waals surface area (Å²) in [5.41, 5.74) is 11.1.